The summed E-state index contributed by atoms with van der Waals surface area (Å²) in [5, 5.41) is 15.4. The van der Waals surface area contributed by atoms with E-state index in [1.54, 1.807) is 12.1 Å². The van der Waals surface area contributed by atoms with Gasteiger partial charge in [0.05, 0.1) is 30.2 Å². The van der Waals surface area contributed by atoms with Crippen LogP contribution >= 0.6 is 0 Å². The molecule has 9 nitrogen and oxygen atoms in total. The quantitative estimate of drug-likeness (QED) is 0.0998. The zero-order valence-electron chi connectivity index (χ0n) is 28.8. The Hall–Kier alpha value is -3.76. The molecule has 0 aromatic heterocycles. The number of nitrogens with zero attached hydrogens (tertiary/aromatic N) is 1. The molecule has 2 saturated heterocycles. The molecule has 9 heteroatoms. The molecule has 2 aliphatic rings. The van der Waals surface area contributed by atoms with Crippen molar-refractivity contribution in [3.63, 3.8) is 0 Å². The summed E-state index contributed by atoms with van der Waals surface area (Å²) in [6.45, 7) is 3.62. The van der Waals surface area contributed by atoms with E-state index in [1.807, 2.05) is 48.5 Å². The van der Waals surface area contributed by atoms with Gasteiger partial charge in [0.2, 0.25) is 11.8 Å². The second kappa shape index (κ2) is 19.4. The molecule has 3 aromatic carbocycles. The second-order valence-corrected chi connectivity index (χ2v) is 13.5. The number of aliphatic hydroxyl groups is 1. The highest BCUT2D eigenvalue weighted by Gasteiger charge is 2.33. The molecule has 0 bridgehead atoms. The largest absolute Gasteiger partial charge is 0.397 e. The van der Waals surface area contributed by atoms with E-state index in [4.69, 9.17) is 15.2 Å². The van der Waals surface area contributed by atoms with Crippen molar-refractivity contribution < 1.29 is 24.2 Å². The highest BCUT2D eigenvalue weighted by Crippen LogP contribution is 2.38. The molecule has 0 spiro atoms. The average Bonchev–Trinajstić information content (AvgIpc) is 3.11. The number of nitrogen functional groups attached to an aromatic ring is 1. The maximum atomic E-state index is 12.5. The lowest BCUT2D eigenvalue weighted by molar-refractivity contribution is -0.253. The van der Waals surface area contributed by atoms with E-state index in [1.165, 1.54) is 32.1 Å². The Kier molecular flexibility index (Phi) is 14.5. The van der Waals surface area contributed by atoms with Gasteiger partial charge in [-0.3, -0.25) is 9.59 Å². The van der Waals surface area contributed by atoms with E-state index in [0.717, 1.165) is 74.0 Å². The Labute approximate surface area is 291 Å². The van der Waals surface area contributed by atoms with Gasteiger partial charge in [0.1, 0.15) is 0 Å². The van der Waals surface area contributed by atoms with Gasteiger partial charge in [-0.2, -0.15) is 0 Å². The number of hydrogen-bond donors (Lipinski definition) is 4. The maximum Gasteiger partial charge on any atom is 0.224 e. The van der Waals surface area contributed by atoms with Crippen molar-refractivity contribution in [2.75, 3.05) is 30.7 Å². The molecule has 3 aromatic rings. The van der Waals surface area contributed by atoms with Gasteiger partial charge in [-0.05, 0) is 67.6 Å². The number of ether oxygens (including phenoxy) is 2. The van der Waals surface area contributed by atoms with Gasteiger partial charge >= 0.3 is 0 Å². The highest BCUT2D eigenvalue weighted by atomic mass is 16.7. The number of rotatable bonds is 15. The Bertz CT molecular complexity index is 1440. The minimum absolute atomic E-state index is 0.0237. The molecule has 5 N–H and O–H groups in total. The van der Waals surface area contributed by atoms with Gasteiger partial charge in [-0.15, -0.1) is 0 Å². The van der Waals surface area contributed by atoms with Gasteiger partial charge in [-0.25, -0.2) is 0 Å². The van der Waals surface area contributed by atoms with Gasteiger partial charge < -0.3 is 35.8 Å². The monoisotopic (exact) mass is 670 g/mol. The van der Waals surface area contributed by atoms with Crippen molar-refractivity contribution in [2.45, 2.75) is 109 Å². The van der Waals surface area contributed by atoms with Crippen LogP contribution in [0.3, 0.4) is 0 Å². The van der Waals surface area contributed by atoms with Gasteiger partial charge in [0.25, 0.3) is 0 Å². The lowest BCUT2D eigenvalue weighted by Gasteiger charge is -2.38. The van der Waals surface area contributed by atoms with Crippen LogP contribution in [-0.2, 0) is 32.2 Å². The van der Waals surface area contributed by atoms with E-state index in [2.05, 4.69) is 27.7 Å². The van der Waals surface area contributed by atoms with Gasteiger partial charge in [0, 0.05) is 37.9 Å². The molecule has 5 rings (SSSR count). The molecule has 0 saturated carbocycles. The number of benzene rings is 3. The molecule has 2 amide bonds. The summed E-state index contributed by atoms with van der Waals surface area (Å²) in [4.78, 5) is 27.3. The third kappa shape index (κ3) is 12.0. The van der Waals surface area contributed by atoms with Gasteiger partial charge in [-0.1, -0.05) is 92.8 Å². The first-order chi connectivity index (χ1) is 24.0. The smallest absolute Gasteiger partial charge is 0.224 e. The molecular formula is C40H54N4O5. The van der Waals surface area contributed by atoms with E-state index < -0.39 is 6.29 Å². The third-order valence-electron chi connectivity index (χ3n) is 9.56. The van der Waals surface area contributed by atoms with Crippen LogP contribution in [0.25, 0.3) is 0 Å². The fourth-order valence-corrected chi connectivity index (χ4v) is 6.65. The first-order valence-electron chi connectivity index (χ1n) is 18.2. The zero-order valence-corrected chi connectivity index (χ0v) is 28.8. The first kappa shape index (κ1) is 36.5. The fourth-order valence-electron chi connectivity index (χ4n) is 6.65. The molecule has 0 radical (unpaired) electrons. The van der Waals surface area contributed by atoms with Crippen molar-refractivity contribution in [3.05, 3.63) is 95.1 Å². The van der Waals surface area contributed by atoms with Crippen molar-refractivity contribution in [2.24, 2.45) is 0 Å². The topological polar surface area (TPSA) is 126 Å². The number of nitrogens with one attached hydrogen (secondary N) is 2. The summed E-state index contributed by atoms with van der Waals surface area (Å²) >= 11 is 0. The molecule has 264 valence electrons. The van der Waals surface area contributed by atoms with Crippen molar-refractivity contribution in [1.29, 1.82) is 0 Å². The number of hydrogen-bond acceptors (Lipinski definition) is 7. The summed E-state index contributed by atoms with van der Waals surface area (Å²) in [5.74, 6) is -0.0120. The van der Waals surface area contributed by atoms with Gasteiger partial charge in [0.15, 0.2) is 6.29 Å². The number of nitrogens with two attached hydrogens (primary N) is 1. The summed E-state index contributed by atoms with van der Waals surface area (Å²) in [5.41, 5.74) is 11.1. The minimum Gasteiger partial charge on any atom is -0.397 e. The Balaban J connectivity index is 1.06. The van der Waals surface area contributed by atoms with Crippen LogP contribution in [0, 0.1) is 0 Å². The summed E-state index contributed by atoms with van der Waals surface area (Å²) in [6.07, 6.45) is 10.9. The van der Waals surface area contributed by atoms with Crippen molar-refractivity contribution >= 4 is 23.2 Å². The fraction of sp³-hybridized carbons (Fsp3) is 0.500. The molecule has 49 heavy (non-hydrogen) atoms. The minimum atomic E-state index is -0.484. The number of anilines is 2. The number of carbonyl (C=O) groups excluding carboxylic acids is 2. The van der Waals surface area contributed by atoms with Crippen molar-refractivity contribution in [1.82, 2.24) is 10.2 Å². The average molecular weight is 671 g/mol. The van der Waals surface area contributed by atoms with Crippen LogP contribution in [0.1, 0.15) is 112 Å². The van der Waals surface area contributed by atoms with Crippen LogP contribution in [-0.4, -0.2) is 47.6 Å². The Morgan fingerprint density at radius 1 is 0.755 bits per heavy atom. The summed E-state index contributed by atoms with van der Waals surface area (Å²) in [7, 11) is 0. The van der Waals surface area contributed by atoms with E-state index in [-0.39, 0.29) is 30.6 Å². The molecule has 2 heterocycles. The standard InChI is InChI=1S/C40H54N4O5/c41-35-12-8-9-13-36(35)43-39(47)15-7-3-2-6-14-38(46)42-27-30-16-22-33(23-17-30)40-48-34(28-44-24-10-4-1-5-11-25-44)26-37(49-40)32-20-18-31(29-45)19-21-32/h8-9,12-13,16-23,34,37,40,45H,1-7,10-11,14-15,24-29,41H2,(H,42,46)(H,43,47)/t34-,37+,40+/m0/s1. The zero-order chi connectivity index (χ0) is 34.3. The maximum absolute atomic E-state index is 12.5. The second-order valence-electron chi connectivity index (χ2n) is 13.5. The lowest BCUT2D eigenvalue weighted by atomic mass is 9.99. The van der Waals surface area contributed by atoms with Crippen LogP contribution in [0.5, 0.6) is 0 Å². The number of para-hydroxylation sites is 2. The van der Waals surface area contributed by atoms with E-state index in [0.29, 0.717) is 30.8 Å². The van der Waals surface area contributed by atoms with Crippen LogP contribution in [0.15, 0.2) is 72.8 Å². The number of unbranched alkanes of at least 4 members (excludes halogenated alkanes) is 3. The van der Waals surface area contributed by atoms with Crippen LogP contribution in [0.2, 0.25) is 0 Å². The number of amides is 2. The number of likely N-dealkylation sites (tertiary alicyclic amines) is 1. The van der Waals surface area contributed by atoms with Crippen molar-refractivity contribution in [3.8, 4) is 0 Å². The predicted molar refractivity (Wildman–Crippen MR) is 193 cm³/mol. The molecule has 2 fully saturated rings. The number of aliphatic hydroxyl groups excluding tert-OH is 1. The van der Waals surface area contributed by atoms with Crippen LogP contribution in [0.4, 0.5) is 11.4 Å². The third-order valence-corrected chi connectivity index (χ3v) is 9.56. The highest BCUT2D eigenvalue weighted by molar-refractivity contribution is 5.93. The Morgan fingerprint density at radius 2 is 1.39 bits per heavy atom. The summed E-state index contributed by atoms with van der Waals surface area (Å²) < 4.78 is 13.1. The molecule has 0 unspecified atom stereocenters. The summed E-state index contributed by atoms with van der Waals surface area (Å²) in [6, 6.07) is 23.4. The van der Waals surface area contributed by atoms with Crippen LogP contribution < -0.4 is 16.4 Å². The normalized spacial score (nSPS) is 20.2. The van der Waals surface area contributed by atoms with E-state index in [9.17, 15) is 14.7 Å². The SMILES string of the molecule is Nc1ccccc1NC(=O)CCCCCCC(=O)NCc1ccc([C@@H]2O[C@H](CN3CCCCCCC3)C[C@H](c3ccc(CO)cc3)O2)cc1. The molecule has 3 atom stereocenters. The predicted octanol–water partition coefficient (Wildman–Crippen LogP) is 7.17. The molecular weight excluding hydrogens is 616 g/mol. The molecule has 2 aliphatic heterocycles. The molecule has 0 aliphatic carbocycles. The first-order valence-corrected chi connectivity index (χ1v) is 18.2. The van der Waals surface area contributed by atoms with E-state index >= 15 is 0 Å². The Morgan fingerprint density at radius 3 is 2.08 bits per heavy atom. The number of carbonyl (C=O) groups is 2. The lowest BCUT2D eigenvalue weighted by Crippen LogP contribution is -2.40.